The van der Waals surface area contributed by atoms with E-state index in [2.05, 4.69) is 19.9 Å². The zero-order valence-electron chi connectivity index (χ0n) is 16.0. The van der Waals surface area contributed by atoms with Gasteiger partial charge in [-0.2, -0.15) is 4.39 Å². The molecule has 1 fully saturated rings. The summed E-state index contributed by atoms with van der Waals surface area (Å²) in [7, 11) is 0. The Hall–Kier alpha value is -3.72. The van der Waals surface area contributed by atoms with Crippen LogP contribution < -0.4 is 10.6 Å². The lowest BCUT2D eigenvalue weighted by Gasteiger charge is -2.29. The maximum atomic E-state index is 14.2. The fourth-order valence-electron chi connectivity index (χ4n) is 3.48. The number of pyridine rings is 1. The van der Waals surface area contributed by atoms with Gasteiger partial charge in [0.25, 0.3) is 0 Å². The van der Waals surface area contributed by atoms with E-state index < -0.39 is 5.95 Å². The Morgan fingerprint density at radius 2 is 1.77 bits per heavy atom. The Balaban J connectivity index is 1.70. The van der Waals surface area contributed by atoms with Crippen molar-refractivity contribution >= 4 is 22.7 Å². The van der Waals surface area contributed by atoms with Crippen LogP contribution in [0.1, 0.15) is 0 Å². The number of nitrogens with two attached hydrogens (primary N) is 1. The van der Waals surface area contributed by atoms with Gasteiger partial charge in [0.15, 0.2) is 5.82 Å². The molecule has 3 aromatic heterocycles. The van der Waals surface area contributed by atoms with Crippen molar-refractivity contribution in [3.8, 4) is 22.5 Å². The average molecular weight is 403 g/mol. The summed E-state index contributed by atoms with van der Waals surface area (Å²) in [5.41, 5.74) is 8.07. The van der Waals surface area contributed by atoms with Crippen molar-refractivity contribution in [3.63, 3.8) is 0 Å². The van der Waals surface area contributed by atoms with Crippen molar-refractivity contribution in [2.75, 3.05) is 36.9 Å². The molecule has 0 bridgehead atoms. The smallest absolute Gasteiger partial charge is 0.220 e. The van der Waals surface area contributed by atoms with Gasteiger partial charge in [0.05, 0.1) is 24.3 Å². The molecule has 2 N–H and O–H groups in total. The quantitative estimate of drug-likeness (QED) is 0.521. The van der Waals surface area contributed by atoms with Crippen LogP contribution in [0, 0.1) is 5.95 Å². The van der Waals surface area contributed by atoms with Gasteiger partial charge in [0.2, 0.25) is 11.9 Å². The fourth-order valence-corrected chi connectivity index (χ4v) is 3.48. The number of anilines is 2. The molecule has 9 heteroatoms. The van der Waals surface area contributed by atoms with Crippen LogP contribution in [0.2, 0.25) is 0 Å². The van der Waals surface area contributed by atoms with Crippen molar-refractivity contribution in [2.45, 2.75) is 0 Å². The topological polar surface area (TPSA) is 103 Å². The molecular formula is C21H18FN7O. The van der Waals surface area contributed by atoms with Crippen LogP contribution in [0.4, 0.5) is 16.2 Å². The van der Waals surface area contributed by atoms with Gasteiger partial charge >= 0.3 is 0 Å². The highest BCUT2D eigenvalue weighted by atomic mass is 19.1. The molecule has 1 aliphatic rings. The standard InChI is InChI=1S/C21H18FN7O/c22-18-15(2-1-5-24-18)13-3-4-16-17(10-13)27-19(14-11-25-21(23)26-12-14)28-20(16)29-6-8-30-9-7-29/h1-5,10-12H,6-9H2,(H2,23,25,26). The van der Waals surface area contributed by atoms with E-state index in [0.717, 1.165) is 24.3 Å². The van der Waals surface area contributed by atoms with E-state index in [1.807, 2.05) is 18.2 Å². The van der Waals surface area contributed by atoms with E-state index in [4.69, 9.17) is 20.4 Å². The fraction of sp³-hybridized carbons (Fsp3) is 0.190. The molecule has 1 saturated heterocycles. The first-order valence-electron chi connectivity index (χ1n) is 9.52. The van der Waals surface area contributed by atoms with Crippen LogP contribution in [-0.2, 0) is 4.74 Å². The molecule has 0 saturated carbocycles. The maximum Gasteiger partial charge on any atom is 0.220 e. The summed E-state index contributed by atoms with van der Waals surface area (Å²) < 4.78 is 19.7. The minimum absolute atomic E-state index is 0.183. The van der Waals surface area contributed by atoms with Gasteiger partial charge in [0.1, 0.15) is 5.82 Å². The first-order chi connectivity index (χ1) is 14.7. The Labute approximate surface area is 171 Å². The van der Waals surface area contributed by atoms with Gasteiger partial charge in [-0.3, -0.25) is 0 Å². The molecule has 0 unspecified atom stereocenters. The van der Waals surface area contributed by atoms with Gasteiger partial charge in [0, 0.05) is 42.6 Å². The van der Waals surface area contributed by atoms with Crippen LogP contribution >= 0.6 is 0 Å². The summed E-state index contributed by atoms with van der Waals surface area (Å²) in [4.78, 5) is 23.5. The predicted molar refractivity (Wildman–Crippen MR) is 111 cm³/mol. The number of morpholine rings is 1. The number of fused-ring (bicyclic) bond motifs is 1. The second-order valence-electron chi connectivity index (χ2n) is 6.87. The zero-order valence-corrected chi connectivity index (χ0v) is 16.0. The third kappa shape index (κ3) is 3.39. The summed E-state index contributed by atoms with van der Waals surface area (Å²) in [6.07, 6.45) is 4.62. The normalized spacial score (nSPS) is 14.2. The molecule has 0 spiro atoms. The number of nitrogens with zero attached hydrogens (tertiary/aromatic N) is 6. The first-order valence-corrected chi connectivity index (χ1v) is 9.52. The molecule has 8 nitrogen and oxygen atoms in total. The second-order valence-corrected chi connectivity index (χ2v) is 6.87. The number of nitrogen functional groups attached to an aromatic ring is 1. The van der Waals surface area contributed by atoms with E-state index in [1.54, 1.807) is 24.5 Å². The van der Waals surface area contributed by atoms with Gasteiger partial charge in [-0.1, -0.05) is 6.07 Å². The maximum absolute atomic E-state index is 14.2. The Kier molecular flexibility index (Phi) is 4.64. The summed E-state index contributed by atoms with van der Waals surface area (Å²) in [6.45, 7) is 2.71. The number of rotatable bonds is 3. The molecule has 4 aromatic rings. The SMILES string of the molecule is Nc1ncc(-c2nc(N3CCOCC3)c3ccc(-c4cccnc4F)cc3n2)cn1. The summed E-state index contributed by atoms with van der Waals surface area (Å²) >= 11 is 0. The van der Waals surface area contributed by atoms with E-state index >= 15 is 0 Å². The van der Waals surface area contributed by atoms with Crippen LogP contribution in [0.3, 0.4) is 0 Å². The summed E-state index contributed by atoms with van der Waals surface area (Å²) in [5.74, 6) is 0.940. The van der Waals surface area contributed by atoms with Crippen molar-refractivity contribution in [1.82, 2.24) is 24.9 Å². The van der Waals surface area contributed by atoms with Gasteiger partial charge < -0.3 is 15.4 Å². The van der Waals surface area contributed by atoms with E-state index in [1.165, 1.54) is 6.20 Å². The highest BCUT2D eigenvalue weighted by Crippen LogP contribution is 2.31. The van der Waals surface area contributed by atoms with E-state index in [0.29, 0.717) is 41.2 Å². The predicted octanol–water partition coefficient (Wildman–Crippen LogP) is 2.71. The monoisotopic (exact) mass is 403 g/mol. The largest absolute Gasteiger partial charge is 0.378 e. The van der Waals surface area contributed by atoms with Crippen molar-refractivity contribution in [3.05, 3.63) is 54.9 Å². The molecule has 4 heterocycles. The lowest BCUT2D eigenvalue weighted by Crippen LogP contribution is -2.37. The minimum Gasteiger partial charge on any atom is -0.378 e. The molecule has 0 aliphatic carbocycles. The Bertz CT molecular complexity index is 1210. The molecule has 1 aromatic carbocycles. The number of hydrogen-bond acceptors (Lipinski definition) is 8. The van der Waals surface area contributed by atoms with Gasteiger partial charge in [-0.15, -0.1) is 0 Å². The third-order valence-corrected chi connectivity index (χ3v) is 4.99. The lowest BCUT2D eigenvalue weighted by molar-refractivity contribution is 0.122. The molecule has 150 valence electrons. The van der Waals surface area contributed by atoms with Crippen molar-refractivity contribution < 1.29 is 9.13 Å². The minimum atomic E-state index is -0.522. The molecule has 1 aliphatic heterocycles. The average Bonchev–Trinajstić information content (AvgIpc) is 2.79. The third-order valence-electron chi connectivity index (χ3n) is 4.99. The summed E-state index contributed by atoms with van der Waals surface area (Å²) in [6, 6.07) is 9.04. The van der Waals surface area contributed by atoms with Crippen LogP contribution in [0.5, 0.6) is 0 Å². The highest BCUT2D eigenvalue weighted by molar-refractivity contribution is 5.94. The number of ether oxygens (including phenoxy) is 1. The summed E-state index contributed by atoms with van der Waals surface area (Å²) in [5, 5.41) is 0.880. The molecule has 0 radical (unpaired) electrons. The van der Waals surface area contributed by atoms with Crippen molar-refractivity contribution in [2.24, 2.45) is 0 Å². The van der Waals surface area contributed by atoms with E-state index in [9.17, 15) is 4.39 Å². The molecule has 0 amide bonds. The molecule has 30 heavy (non-hydrogen) atoms. The Morgan fingerprint density at radius 3 is 2.53 bits per heavy atom. The van der Waals surface area contributed by atoms with Gasteiger partial charge in [-0.05, 0) is 29.8 Å². The van der Waals surface area contributed by atoms with Crippen LogP contribution in [0.25, 0.3) is 33.4 Å². The van der Waals surface area contributed by atoms with Crippen LogP contribution in [-0.4, -0.2) is 51.2 Å². The molecular weight excluding hydrogens is 385 g/mol. The number of halogens is 1. The van der Waals surface area contributed by atoms with E-state index in [-0.39, 0.29) is 5.95 Å². The van der Waals surface area contributed by atoms with Gasteiger partial charge in [-0.25, -0.2) is 24.9 Å². The van der Waals surface area contributed by atoms with Crippen LogP contribution in [0.15, 0.2) is 48.9 Å². The molecule has 0 atom stereocenters. The number of benzene rings is 1. The number of aromatic nitrogens is 5. The lowest BCUT2D eigenvalue weighted by atomic mass is 10.0. The molecule has 5 rings (SSSR count). The first kappa shape index (κ1) is 18.3. The number of hydrogen-bond donors (Lipinski definition) is 1. The second kappa shape index (κ2) is 7.60. The highest BCUT2D eigenvalue weighted by Gasteiger charge is 2.19. The Morgan fingerprint density at radius 1 is 0.967 bits per heavy atom. The zero-order chi connectivity index (χ0) is 20.5. The van der Waals surface area contributed by atoms with Crippen molar-refractivity contribution in [1.29, 1.82) is 0 Å².